The molecule has 4 heteroatoms. The molecule has 2 aromatic heterocycles. The first-order valence-corrected chi connectivity index (χ1v) is 8.16. The highest BCUT2D eigenvalue weighted by Gasteiger charge is 2.21. The Morgan fingerprint density at radius 3 is 2.20 bits per heavy atom. The van der Waals surface area contributed by atoms with Gasteiger partial charge in [0.15, 0.2) is 0 Å². The van der Waals surface area contributed by atoms with E-state index in [0.29, 0.717) is 11.3 Å². The van der Waals surface area contributed by atoms with Gasteiger partial charge in [0, 0.05) is 16.9 Å². The van der Waals surface area contributed by atoms with Gasteiger partial charge in [-0.2, -0.15) is 0 Å². The van der Waals surface area contributed by atoms with E-state index in [0.717, 1.165) is 28.0 Å². The fraction of sp³-hybridized carbons (Fsp3) is 0.0952. The van der Waals surface area contributed by atoms with Crippen molar-refractivity contribution in [1.82, 2.24) is 14.5 Å². The SMILES string of the molecule is Cc1c(C)n(-c2ccccc2)c2ncnc(C(=O)c3ccccc3)c12. The molecular weight excluding hydrogens is 310 g/mol. The summed E-state index contributed by atoms with van der Waals surface area (Å²) < 4.78 is 2.08. The van der Waals surface area contributed by atoms with Gasteiger partial charge in [-0.1, -0.05) is 48.5 Å². The van der Waals surface area contributed by atoms with Crippen molar-refractivity contribution in [2.45, 2.75) is 13.8 Å². The minimum Gasteiger partial charge on any atom is -0.298 e. The predicted molar refractivity (Wildman–Crippen MR) is 98.2 cm³/mol. The first-order chi connectivity index (χ1) is 12.2. The van der Waals surface area contributed by atoms with Crippen molar-refractivity contribution >= 4 is 16.8 Å². The van der Waals surface area contributed by atoms with Crippen LogP contribution in [0.2, 0.25) is 0 Å². The number of carbonyl (C=O) groups is 1. The van der Waals surface area contributed by atoms with Gasteiger partial charge in [-0.25, -0.2) is 9.97 Å². The Kier molecular flexibility index (Phi) is 3.65. The fourth-order valence-electron chi connectivity index (χ4n) is 3.19. The number of para-hydroxylation sites is 1. The molecule has 4 nitrogen and oxygen atoms in total. The molecule has 4 rings (SSSR count). The van der Waals surface area contributed by atoms with Gasteiger partial charge < -0.3 is 0 Å². The molecule has 122 valence electrons. The monoisotopic (exact) mass is 327 g/mol. The molecule has 4 aromatic rings. The summed E-state index contributed by atoms with van der Waals surface area (Å²) in [6.45, 7) is 4.06. The van der Waals surface area contributed by atoms with Crippen LogP contribution in [0.25, 0.3) is 16.7 Å². The molecule has 0 aliphatic rings. The molecule has 2 aromatic carbocycles. The lowest BCUT2D eigenvalue weighted by Crippen LogP contribution is -2.06. The maximum absolute atomic E-state index is 13.0. The number of rotatable bonds is 3. The normalized spacial score (nSPS) is 11.0. The van der Waals surface area contributed by atoms with Gasteiger partial charge in [0.25, 0.3) is 0 Å². The van der Waals surface area contributed by atoms with Crippen LogP contribution in [0.5, 0.6) is 0 Å². The summed E-state index contributed by atoms with van der Waals surface area (Å²) in [6, 6.07) is 19.3. The third-order valence-corrected chi connectivity index (χ3v) is 4.56. The lowest BCUT2D eigenvalue weighted by atomic mass is 10.0. The second-order valence-corrected chi connectivity index (χ2v) is 6.00. The maximum Gasteiger partial charge on any atom is 0.212 e. The summed E-state index contributed by atoms with van der Waals surface area (Å²) in [5.41, 5.74) is 4.95. The molecule has 0 aliphatic heterocycles. The van der Waals surface area contributed by atoms with Crippen LogP contribution in [-0.2, 0) is 0 Å². The molecule has 0 amide bonds. The molecule has 0 fully saturated rings. The molecule has 0 aliphatic carbocycles. The van der Waals surface area contributed by atoms with Crippen molar-refractivity contribution in [1.29, 1.82) is 0 Å². The molecule has 0 unspecified atom stereocenters. The average molecular weight is 327 g/mol. The van der Waals surface area contributed by atoms with Crippen LogP contribution in [-0.4, -0.2) is 20.3 Å². The summed E-state index contributed by atoms with van der Waals surface area (Å²) in [6.07, 6.45) is 1.47. The van der Waals surface area contributed by atoms with E-state index >= 15 is 0 Å². The van der Waals surface area contributed by atoms with Gasteiger partial charge in [0.1, 0.15) is 17.7 Å². The summed E-state index contributed by atoms with van der Waals surface area (Å²) in [7, 11) is 0. The molecule has 0 N–H and O–H groups in total. The number of carbonyl (C=O) groups excluding carboxylic acids is 1. The topological polar surface area (TPSA) is 47.8 Å². The zero-order valence-electron chi connectivity index (χ0n) is 14.1. The van der Waals surface area contributed by atoms with Crippen LogP contribution < -0.4 is 0 Å². The molecule has 0 atom stereocenters. The average Bonchev–Trinajstić information content (AvgIpc) is 2.93. The molecule has 0 spiro atoms. The van der Waals surface area contributed by atoms with E-state index in [1.807, 2.05) is 74.5 Å². The Hall–Kier alpha value is -3.27. The van der Waals surface area contributed by atoms with E-state index in [9.17, 15) is 4.79 Å². The Bertz CT molecular complexity index is 1070. The Morgan fingerprint density at radius 2 is 1.52 bits per heavy atom. The van der Waals surface area contributed by atoms with Crippen molar-refractivity contribution in [3.8, 4) is 5.69 Å². The molecule has 0 saturated heterocycles. The quantitative estimate of drug-likeness (QED) is 0.528. The zero-order valence-corrected chi connectivity index (χ0v) is 14.1. The molecular formula is C21H17N3O. The Balaban J connectivity index is 1.99. The summed E-state index contributed by atoms with van der Waals surface area (Å²) in [5.74, 6) is -0.0821. The van der Waals surface area contributed by atoms with E-state index in [2.05, 4.69) is 14.5 Å². The number of aromatic nitrogens is 3. The summed E-state index contributed by atoms with van der Waals surface area (Å²) in [5, 5.41) is 0.817. The number of ketones is 1. The number of fused-ring (bicyclic) bond motifs is 1. The lowest BCUT2D eigenvalue weighted by molar-refractivity contribution is 0.103. The van der Waals surface area contributed by atoms with Crippen molar-refractivity contribution in [3.63, 3.8) is 0 Å². The van der Waals surface area contributed by atoms with E-state index < -0.39 is 0 Å². The van der Waals surface area contributed by atoms with Crippen LogP contribution in [0, 0.1) is 13.8 Å². The smallest absolute Gasteiger partial charge is 0.212 e. The van der Waals surface area contributed by atoms with Crippen LogP contribution in [0.1, 0.15) is 27.3 Å². The van der Waals surface area contributed by atoms with Crippen LogP contribution >= 0.6 is 0 Å². The van der Waals surface area contributed by atoms with Crippen LogP contribution in [0.15, 0.2) is 67.0 Å². The van der Waals surface area contributed by atoms with Gasteiger partial charge in [0.05, 0.1) is 5.39 Å². The van der Waals surface area contributed by atoms with E-state index in [1.54, 1.807) is 0 Å². The molecule has 0 saturated carbocycles. The predicted octanol–water partition coefficient (Wildman–Crippen LogP) is 4.27. The van der Waals surface area contributed by atoms with Gasteiger partial charge >= 0.3 is 0 Å². The molecule has 25 heavy (non-hydrogen) atoms. The minimum atomic E-state index is -0.0821. The van der Waals surface area contributed by atoms with E-state index in [1.165, 1.54) is 6.33 Å². The number of hydrogen-bond donors (Lipinski definition) is 0. The van der Waals surface area contributed by atoms with E-state index in [-0.39, 0.29) is 5.78 Å². The van der Waals surface area contributed by atoms with Gasteiger partial charge in [0.2, 0.25) is 5.78 Å². The first kappa shape index (κ1) is 15.3. The number of hydrogen-bond acceptors (Lipinski definition) is 3. The van der Waals surface area contributed by atoms with Gasteiger partial charge in [-0.15, -0.1) is 0 Å². The van der Waals surface area contributed by atoms with Crippen molar-refractivity contribution < 1.29 is 4.79 Å². The molecule has 0 bridgehead atoms. The Morgan fingerprint density at radius 1 is 0.880 bits per heavy atom. The summed E-state index contributed by atoms with van der Waals surface area (Å²) >= 11 is 0. The third-order valence-electron chi connectivity index (χ3n) is 4.56. The summed E-state index contributed by atoms with van der Waals surface area (Å²) in [4.78, 5) is 21.8. The number of benzene rings is 2. The number of nitrogens with zero attached hydrogens (tertiary/aromatic N) is 3. The zero-order chi connectivity index (χ0) is 17.4. The lowest BCUT2D eigenvalue weighted by Gasteiger charge is -2.07. The number of aryl methyl sites for hydroxylation is 1. The highest BCUT2D eigenvalue weighted by Crippen LogP contribution is 2.29. The largest absolute Gasteiger partial charge is 0.298 e. The second-order valence-electron chi connectivity index (χ2n) is 6.00. The highest BCUT2D eigenvalue weighted by atomic mass is 16.1. The Labute approximate surface area is 145 Å². The van der Waals surface area contributed by atoms with Gasteiger partial charge in [-0.05, 0) is 31.5 Å². The van der Waals surface area contributed by atoms with Crippen LogP contribution in [0.3, 0.4) is 0 Å². The first-order valence-electron chi connectivity index (χ1n) is 8.16. The molecule has 2 heterocycles. The minimum absolute atomic E-state index is 0.0821. The fourth-order valence-corrected chi connectivity index (χ4v) is 3.19. The standard InChI is InChI=1S/C21H17N3O/c1-14-15(2)24(17-11-7-4-8-12-17)21-18(14)19(22-13-23-21)20(25)16-9-5-3-6-10-16/h3-13H,1-2H3. The van der Waals surface area contributed by atoms with Crippen molar-refractivity contribution in [3.05, 3.63) is 89.5 Å². The van der Waals surface area contributed by atoms with Crippen LogP contribution in [0.4, 0.5) is 0 Å². The van der Waals surface area contributed by atoms with Crippen molar-refractivity contribution in [2.75, 3.05) is 0 Å². The van der Waals surface area contributed by atoms with E-state index in [4.69, 9.17) is 0 Å². The van der Waals surface area contributed by atoms with Crippen molar-refractivity contribution in [2.24, 2.45) is 0 Å². The molecule has 0 radical (unpaired) electrons. The highest BCUT2D eigenvalue weighted by molar-refractivity contribution is 6.15. The third kappa shape index (κ3) is 2.43. The van der Waals surface area contributed by atoms with Gasteiger partial charge in [-0.3, -0.25) is 9.36 Å². The maximum atomic E-state index is 13.0. The second kappa shape index (κ2) is 5.98.